The van der Waals surface area contributed by atoms with Gasteiger partial charge in [-0.3, -0.25) is 9.63 Å². The van der Waals surface area contributed by atoms with Crippen LogP contribution in [-0.2, 0) is 9.63 Å². The van der Waals surface area contributed by atoms with Gasteiger partial charge in [-0.1, -0.05) is 11.6 Å². The predicted molar refractivity (Wildman–Crippen MR) is 66.0 cm³/mol. The maximum Gasteiger partial charge on any atom is 0.284 e. The molecular weight excluding hydrogens is 242 g/mol. The Hall–Kier alpha value is -1.26. The first-order chi connectivity index (χ1) is 8.04. The van der Waals surface area contributed by atoms with Crippen molar-refractivity contribution in [2.45, 2.75) is 26.9 Å². The summed E-state index contributed by atoms with van der Waals surface area (Å²) < 4.78 is 5.51. The summed E-state index contributed by atoms with van der Waals surface area (Å²) in [7, 11) is 0. The Bertz CT molecular complexity index is 395. The second-order valence-corrected chi connectivity index (χ2v) is 4.01. The van der Waals surface area contributed by atoms with Gasteiger partial charge in [0.05, 0.1) is 6.61 Å². The average molecular weight is 258 g/mol. The van der Waals surface area contributed by atoms with E-state index in [-0.39, 0.29) is 5.91 Å². The van der Waals surface area contributed by atoms with E-state index in [4.69, 9.17) is 21.2 Å². The van der Waals surface area contributed by atoms with Crippen LogP contribution in [0.25, 0.3) is 0 Å². The molecule has 0 saturated carbocycles. The van der Waals surface area contributed by atoms with E-state index in [2.05, 4.69) is 5.48 Å². The van der Waals surface area contributed by atoms with Crippen LogP contribution in [0.1, 0.15) is 19.4 Å². The van der Waals surface area contributed by atoms with Gasteiger partial charge >= 0.3 is 0 Å². The standard InChI is InChI=1S/C12H16ClNO3/c1-4-16-14-12(15)9(3)17-11-6-5-10(13)7-8(11)2/h5-7,9H,4H2,1-3H3,(H,14,15)/t9-/m0/s1. The number of nitrogens with one attached hydrogen (secondary N) is 1. The zero-order valence-electron chi connectivity index (χ0n) is 10.1. The van der Waals surface area contributed by atoms with Crippen molar-refractivity contribution in [2.75, 3.05) is 6.61 Å². The molecule has 1 aromatic rings. The van der Waals surface area contributed by atoms with E-state index in [0.29, 0.717) is 17.4 Å². The summed E-state index contributed by atoms with van der Waals surface area (Å²) in [6, 6.07) is 5.24. The van der Waals surface area contributed by atoms with Crippen LogP contribution in [0.15, 0.2) is 18.2 Å². The van der Waals surface area contributed by atoms with Gasteiger partial charge in [0.2, 0.25) is 0 Å². The van der Waals surface area contributed by atoms with Crippen LogP contribution in [0.2, 0.25) is 5.02 Å². The molecule has 1 N–H and O–H groups in total. The number of ether oxygens (including phenoxy) is 1. The molecule has 1 atom stereocenters. The van der Waals surface area contributed by atoms with Gasteiger partial charge in [0, 0.05) is 5.02 Å². The number of carbonyl (C=O) groups is 1. The van der Waals surface area contributed by atoms with Crippen LogP contribution >= 0.6 is 11.6 Å². The summed E-state index contributed by atoms with van der Waals surface area (Å²) in [4.78, 5) is 16.3. The molecule has 0 bridgehead atoms. The maximum atomic E-state index is 11.5. The minimum atomic E-state index is -0.624. The number of hydrogen-bond acceptors (Lipinski definition) is 3. The lowest BCUT2D eigenvalue weighted by Crippen LogP contribution is -2.36. The SMILES string of the molecule is CCONC(=O)[C@H](C)Oc1ccc(Cl)cc1C. The molecule has 1 amide bonds. The first kappa shape index (κ1) is 13.8. The average Bonchev–Trinajstić information content (AvgIpc) is 2.29. The molecule has 0 aromatic heterocycles. The number of rotatable bonds is 5. The Kier molecular flexibility index (Phi) is 5.25. The van der Waals surface area contributed by atoms with Crippen molar-refractivity contribution in [1.29, 1.82) is 0 Å². The van der Waals surface area contributed by atoms with Gasteiger partial charge in [-0.15, -0.1) is 0 Å². The largest absolute Gasteiger partial charge is 0.481 e. The molecule has 0 heterocycles. The van der Waals surface area contributed by atoms with Crippen LogP contribution in [0, 0.1) is 6.92 Å². The first-order valence-corrected chi connectivity index (χ1v) is 5.76. The number of hydroxylamine groups is 1. The zero-order valence-corrected chi connectivity index (χ0v) is 10.9. The smallest absolute Gasteiger partial charge is 0.284 e. The van der Waals surface area contributed by atoms with Crippen molar-refractivity contribution in [3.63, 3.8) is 0 Å². The molecule has 4 nitrogen and oxygen atoms in total. The van der Waals surface area contributed by atoms with Gasteiger partial charge in [0.15, 0.2) is 6.10 Å². The number of carbonyl (C=O) groups excluding carboxylic acids is 1. The molecule has 1 rings (SSSR count). The Morgan fingerprint density at radius 2 is 2.24 bits per heavy atom. The minimum Gasteiger partial charge on any atom is -0.481 e. The van der Waals surface area contributed by atoms with Gasteiger partial charge in [0.1, 0.15) is 5.75 Å². The number of amides is 1. The summed E-state index contributed by atoms with van der Waals surface area (Å²) in [5.41, 5.74) is 3.18. The van der Waals surface area contributed by atoms with Crippen molar-refractivity contribution in [3.05, 3.63) is 28.8 Å². The Balaban J connectivity index is 2.61. The van der Waals surface area contributed by atoms with E-state index in [1.165, 1.54) is 0 Å². The number of benzene rings is 1. The fraction of sp³-hybridized carbons (Fsp3) is 0.417. The van der Waals surface area contributed by atoms with E-state index in [9.17, 15) is 4.79 Å². The van der Waals surface area contributed by atoms with Crippen LogP contribution in [0.5, 0.6) is 5.75 Å². The van der Waals surface area contributed by atoms with Gasteiger partial charge < -0.3 is 4.74 Å². The topological polar surface area (TPSA) is 47.6 Å². The second kappa shape index (κ2) is 6.47. The molecule has 0 unspecified atom stereocenters. The van der Waals surface area contributed by atoms with Gasteiger partial charge in [-0.25, -0.2) is 5.48 Å². The molecule has 0 saturated heterocycles. The highest BCUT2D eigenvalue weighted by Crippen LogP contribution is 2.22. The molecule has 0 spiro atoms. The van der Waals surface area contributed by atoms with Gasteiger partial charge in [0.25, 0.3) is 5.91 Å². The Labute approximate surface area is 106 Å². The maximum absolute atomic E-state index is 11.5. The highest BCUT2D eigenvalue weighted by Gasteiger charge is 2.15. The number of aryl methyl sites for hydroxylation is 1. The lowest BCUT2D eigenvalue weighted by molar-refractivity contribution is -0.139. The summed E-state index contributed by atoms with van der Waals surface area (Å²) in [6.07, 6.45) is -0.624. The molecule has 0 fully saturated rings. The van der Waals surface area contributed by atoms with Crippen molar-refractivity contribution in [3.8, 4) is 5.75 Å². The third-order valence-electron chi connectivity index (χ3n) is 2.13. The summed E-state index contributed by atoms with van der Waals surface area (Å²) in [6.45, 7) is 5.73. The van der Waals surface area contributed by atoms with Crippen molar-refractivity contribution >= 4 is 17.5 Å². The normalized spacial score (nSPS) is 12.0. The van der Waals surface area contributed by atoms with Gasteiger partial charge in [-0.2, -0.15) is 0 Å². The molecule has 17 heavy (non-hydrogen) atoms. The molecule has 0 aliphatic carbocycles. The van der Waals surface area contributed by atoms with Crippen LogP contribution in [0.4, 0.5) is 0 Å². The highest BCUT2D eigenvalue weighted by atomic mass is 35.5. The summed E-state index contributed by atoms with van der Waals surface area (Å²) in [5.74, 6) is 0.315. The highest BCUT2D eigenvalue weighted by molar-refractivity contribution is 6.30. The number of hydrogen-bond donors (Lipinski definition) is 1. The van der Waals surface area contributed by atoms with E-state index in [0.717, 1.165) is 5.56 Å². The van der Waals surface area contributed by atoms with Crippen LogP contribution in [-0.4, -0.2) is 18.6 Å². The fourth-order valence-electron chi connectivity index (χ4n) is 1.22. The van der Waals surface area contributed by atoms with E-state index in [1.807, 2.05) is 6.92 Å². The monoisotopic (exact) mass is 257 g/mol. The lowest BCUT2D eigenvalue weighted by atomic mass is 10.2. The quantitative estimate of drug-likeness (QED) is 0.825. The number of halogens is 1. The fourth-order valence-corrected chi connectivity index (χ4v) is 1.44. The van der Waals surface area contributed by atoms with Crippen LogP contribution in [0.3, 0.4) is 0 Å². The van der Waals surface area contributed by atoms with Crippen molar-refractivity contribution in [2.24, 2.45) is 0 Å². The Morgan fingerprint density at radius 3 is 2.82 bits per heavy atom. The molecule has 94 valence electrons. The predicted octanol–water partition coefficient (Wildman–Crippen LogP) is 2.48. The first-order valence-electron chi connectivity index (χ1n) is 5.39. The van der Waals surface area contributed by atoms with E-state index < -0.39 is 6.10 Å². The van der Waals surface area contributed by atoms with E-state index in [1.54, 1.807) is 32.0 Å². The van der Waals surface area contributed by atoms with E-state index >= 15 is 0 Å². The van der Waals surface area contributed by atoms with Crippen molar-refractivity contribution in [1.82, 2.24) is 5.48 Å². The zero-order chi connectivity index (χ0) is 12.8. The second-order valence-electron chi connectivity index (χ2n) is 3.57. The summed E-state index contributed by atoms with van der Waals surface area (Å²) >= 11 is 5.83. The molecule has 5 heteroatoms. The third-order valence-corrected chi connectivity index (χ3v) is 2.36. The van der Waals surface area contributed by atoms with Gasteiger partial charge in [-0.05, 0) is 44.5 Å². The molecule has 0 aliphatic heterocycles. The molecular formula is C12H16ClNO3. The van der Waals surface area contributed by atoms with Crippen molar-refractivity contribution < 1.29 is 14.4 Å². The molecule has 1 aromatic carbocycles. The third kappa shape index (κ3) is 4.24. The minimum absolute atomic E-state index is 0.318. The molecule has 0 aliphatic rings. The Morgan fingerprint density at radius 1 is 1.53 bits per heavy atom. The lowest BCUT2D eigenvalue weighted by Gasteiger charge is -2.15. The summed E-state index contributed by atoms with van der Waals surface area (Å²) in [5, 5.41) is 0.640. The molecule has 0 radical (unpaired) electrons. The van der Waals surface area contributed by atoms with Crippen LogP contribution < -0.4 is 10.2 Å².